The third-order valence-electron chi connectivity index (χ3n) is 3.82. The highest BCUT2D eigenvalue weighted by Gasteiger charge is 2.11. The summed E-state index contributed by atoms with van der Waals surface area (Å²) in [4.78, 5) is 0. The maximum Gasteiger partial charge on any atom is 0.138 e. The van der Waals surface area contributed by atoms with Gasteiger partial charge >= 0.3 is 0 Å². The van der Waals surface area contributed by atoms with Crippen LogP contribution in [0.4, 0.5) is 0 Å². The van der Waals surface area contributed by atoms with Gasteiger partial charge < -0.3 is 24.8 Å². The van der Waals surface area contributed by atoms with E-state index in [0.29, 0.717) is 23.3 Å². The van der Waals surface area contributed by atoms with Gasteiger partial charge in [0, 0.05) is 23.1 Å². The van der Waals surface area contributed by atoms with Crippen molar-refractivity contribution in [2.24, 2.45) is 0 Å². The summed E-state index contributed by atoms with van der Waals surface area (Å²) in [7, 11) is 0. The van der Waals surface area contributed by atoms with Crippen LogP contribution in [0, 0.1) is 0 Å². The molecule has 0 saturated heterocycles. The minimum absolute atomic E-state index is 0.0140. The molecule has 0 amide bonds. The lowest BCUT2D eigenvalue weighted by molar-refractivity contribution is 0.331. The first kappa shape index (κ1) is 16.0. The number of aliphatic hydroxyl groups excluding tert-OH is 1. The van der Waals surface area contributed by atoms with Gasteiger partial charge in [-0.05, 0) is 43.2 Å². The fourth-order valence-corrected chi connectivity index (χ4v) is 2.52. The van der Waals surface area contributed by atoms with Crippen molar-refractivity contribution >= 4 is 11.0 Å². The molecule has 1 aromatic heterocycles. The SMILES string of the molecule is C/C(=C/Cc1cc2cc(-c3cc(O)cc(O)c3)oc2cc1O)CO. The molecule has 3 aromatic rings. The fraction of sp³-hybridized carbons (Fsp3) is 0.158. The molecule has 5 heteroatoms. The molecule has 0 radical (unpaired) electrons. The van der Waals surface area contributed by atoms with E-state index in [9.17, 15) is 15.3 Å². The molecule has 2 aromatic carbocycles. The Morgan fingerprint density at radius 2 is 1.71 bits per heavy atom. The van der Waals surface area contributed by atoms with Gasteiger partial charge in [0.25, 0.3) is 0 Å². The molecule has 0 unspecified atom stereocenters. The van der Waals surface area contributed by atoms with E-state index in [4.69, 9.17) is 9.52 Å². The van der Waals surface area contributed by atoms with Crippen molar-refractivity contribution in [2.45, 2.75) is 13.3 Å². The monoisotopic (exact) mass is 326 g/mol. The zero-order valence-corrected chi connectivity index (χ0v) is 13.2. The van der Waals surface area contributed by atoms with Crippen LogP contribution < -0.4 is 0 Å². The van der Waals surface area contributed by atoms with E-state index in [1.54, 1.807) is 12.1 Å². The summed E-state index contributed by atoms with van der Waals surface area (Å²) in [6.45, 7) is 1.81. The molecule has 0 fully saturated rings. The van der Waals surface area contributed by atoms with Crippen LogP contribution in [-0.4, -0.2) is 27.0 Å². The van der Waals surface area contributed by atoms with Crippen LogP contribution in [0.3, 0.4) is 0 Å². The van der Waals surface area contributed by atoms with E-state index in [2.05, 4.69) is 0 Å². The fourth-order valence-electron chi connectivity index (χ4n) is 2.52. The lowest BCUT2D eigenvalue weighted by Gasteiger charge is -2.02. The van der Waals surface area contributed by atoms with Crippen molar-refractivity contribution in [3.63, 3.8) is 0 Å². The maximum absolute atomic E-state index is 10.1. The molecule has 4 N–H and O–H groups in total. The molecule has 0 bridgehead atoms. The van der Waals surface area contributed by atoms with Gasteiger partial charge in [-0.25, -0.2) is 0 Å². The number of phenolic OH excluding ortho intramolecular Hbond substituents is 3. The van der Waals surface area contributed by atoms with Gasteiger partial charge in [0.15, 0.2) is 0 Å². The zero-order valence-electron chi connectivity index (χ0n) is 13.2. The average Bonchev–Trinajstić information content (AvgIpc) is 2.94. The second-order valence-electron chi connectivity index (χ2n) is 5.78. The lowest BCUT2D eigenvalue weighted by atomic mass is 10.1. The van der Waals surface area contributed by atoms with Crippen molar-refractivity contribution in [3.8, 4) is 28.6 Å². The number of hydrogen-bond acceptors (Lipinski definition) is 5. The highest BCUT2D eigenvalue weighted by Crippen LogP contribution is 2.35. The Bertz CT molecular complexity index is 901. The topological polar surface area (TPSA) is 94.1 Å². The summed E-state index contributed by atoms with van der Waals surface area (Å²) in [5.41, 5.74) is 2.61. The van der Waals surface area contributed by atoms with Crippen molar-refractivity contribution in [2.75, 3.05) is 6.61 Å². The summed E-state index contributed by atoms with van der Waals surface area (Å²) in [5, 5.41) is 39.2. The Balaban J connectivity index is 2.02. The smallest absolute Gasteiger partial charge is 0.138 e. The number of benzene rings is 2. The number of fused-ring (bicyclic) bond motifs is 1. The quantitative estimate of drug-likeness (QED) is 0.549. The molecule has 0 spiro atoms. The molecule has 124 valence electrons. The highest BCUT2D eigenvalue weighted by atomic mass is 16.3. The zero-order chi connectivity index (χ0) is 17.3. The van der Waals surface area contributed by atoms with Gasteiger partial charge in [-0.1, -0.05) is 11.6 Å². The molecule has 1 heterocycles. The van der Waals surface area contributed by atoms with Gasteiger partial charge in [-0.3, -0.25) is 0 Å². The number of aliphatic hydroxyl groups is 1. The number of allylic oxidation sites excluding steroid dienone is 1. The molecule has 5 nitrogen and oxygen atoms in total. The van der Waals surface area contributed by atoms with E-state index in [0.717, 1.165) is 16.5 Å². The highest BCUT2D eigenvalue weighted by molar-refractivity contribution is 5.85. The van der Waals surface area contributed by atoms with Crippen LogP contribution in [0.2, 0.25) is 0 Å². The Morgan fingerprint density at radius 1 is 1.00 bits per heavy atom. The van der Waals surface area contributed by atoms with Gasteiger partial charge in [-0.2, -0.15) is 0 Å². The van der Waals surface area contributed by atoms with Crippen molar-refractivity contribution in [3.05, 3.63) is 53.6 Å². The minimum Gasteiger partial charge on any atom is -0.508 e. The Hall–Kier alpha value is -2.92. The molecule has 0 saturated carbocycles. The maximum atomic E-state index is 10.1. The molecular formula is C19H18O5. The van der Waals surface area contributed by atoms with Gasteiger partial charge in [0.05, 0.1) is 6.61 Å². The van der Waals surface area contributed by atoms with Gasteiger partial charge in [0.1, 0.15) is 28.6 Å². The number of phenols is 3. The first-order chi connectivity index (χ1) is 11.5. The van der Waals surface area contributed by atoms with Crippen LogP contribution in [-0.2, 0) is 6.42 Å². The van der Waals surface area contributed by atoms with Crippen LogP contribution in [0.1, 0.15) is 12.5 Å². The summed E-state index contributed by atoms with van der Waals surface area (Å²) >= 11 is 0. The largest absolute Gasteiger partial charge is 0.508 e. The van der Waals surface area contributed by atoms with E-state index in [-0.39, 0.29) is 23.9 Å². The number of furan rings is 1. The van der Waals surface area contributed by atoms with Crippen molar-refractivity contribution in [1.82, 2.24) is 0 Å². The average molecular weight is 326 g/mol. The van der Waals surface area contributed by atoms with E-state index < -0.39 is 0 Å². The van der Waals surface area contributed by atoms with Crippen LogP contribution >= 0.6 is 0 Å². The lowest BCUT2D eigenvalue weighted by Crippen LogP contribution is -1.88. The molecular weight excluding hydrogens is 308 g/mol. The van der Waals surface area contributed by atoms with Crippen molar-refractivity contribution < 1.29 is 24.8 Å². The third-order valence-corrected chi connectivity index (χ3v) is 3.82. The summed E-state index contributed by atoms with van der Waals surface area (Å²) in [6, 6.07) is 9.37. The molecule has 0 aliphatic heterocycles. The van der Waals surface area contributed by atoms with Gasteiger partial charge in [-0.15, -0.1) is 0 Å². The van der Waals surface area contributed by atoms with E-state index >= 15 is 0 Å². The molecule has 0 atom stereocenters. The van der Waals surface area contributed by atoms with Crippen LogP contribution in [0.25, 0.3) is 22.3 Å². The van der Waals surface area contributed by atoms with E-state index in [1.807, 2.05) is 19.1 Å². The summed E-state index contributed by atoms with van der Waals surface area (Å²) in [6.07, 6.45) is 2.36. The normalized spacial score (nSPS) is 12.0. The van der Waals surface area contributed by atoms with Crippen molar-refractivity contribution in [1.29, 1.82) is 0 Å². The predicted octanol–water partition coefficient (Wildman–Crippen LogP) is 3.70. The standard InChI is InChI=1S/C19H18O5/c1-11(10-20)2-3-12-4-13-7-18(24-19(13)9-17(12)23)14-5-15(21)8-16(22)6-14/h2,4-9,20-23H,3,10H2,1H3/b11-2-. The van der Waals surface area contributed by atoms with E-state index in [1.165, 1.54) is 18.2 Å². The Kier molecular flexibility index (Phi) is 4.18. The Morgan fingerprint density at radius 3 is 2.38 bits per heavy atom. The first-order valence-electron chi connectivity index (χ1n) is 7.51. The molecule has 0 aliphatic carbocycles. The molecule has 24 heavy (non-hydrogen) atoms. The summed E-state index contributed by atoms with van der Waals surface area (Å²) < 4.78 is 5.71. The van der Waals surface area contributed by atoms with Crippen LogP contribution in [0.5, 0.6) is 17.2 Å². The summed E-state index contributed by atoms with van der Waals surface area (Å²) in [5.74, 6) is 0.483. The second-order valence-corrected chi connectivity index (χ2v) is 5.78. The predicted molar refractivity (Wildman–Crippen MR) is 91.2 cm³/mol. The first-order valence-corrected chi connectivity index (χ1v) is 7.51. The second kappa shape index (κ2) is 6.29. The minimum atomic E-state index is -0.0568. The van der Waals surface area contributed by atoms with Gasteiger partial charge in [0.2, 0.25) is 0 Å². The van der Waals surface area contributed by atoms with Crippen LogP contribution in [0.15, 0.2) is 52.5 Å². The third kappa shape index (κ3) is 3.21. The Labute approximate surface area is 138 Å². The number of rotatable bonds is 4. The number of aromatic hydroxyl groups is 3. The number of hydrogen-bond donors (Lipinski definition) is 4. The molecule has 3 rings (SSSR count). The molecule has 0 aliphatic rings.